The van der Waals surface area contributed by atoms with Crippen molar-refractivity contribution in [1.82, 2.24) is 9.97 Å². The van der Waals surface area contributed by atoms with Crippen molar-refractivity contribution in [2.75, 3.05) is 5.32 Å². The van der Waals surface area contributed by atoms with E-state index < -0.39 is 17.7 Å². The van der Waals surface area contributed by atoms with Crippen LogP contribution in [0.25, 0.3) is 10.9 Å². The number of pyridine rings is 2. The van der Waals surface area contributed by atoms with E-state index in [0.29, 0.717) is 27.2 Å². The van der Waals surface area contributed by atoms with Crippen LogP contribution in [0.4, 0.5) is 14.5 Å². The number of hydrogen-bond acceptors (Lipinski definition) is 4. The monoisotopic (exact) mass is 397 g/mol. The Bertz CT molecular complexity index is 1160. The molecule has 0 saturated carbocycles. The van der Waals surface area contributed by atoms with Crippen LogP contribution in [0.1, 0.15) is 17.2 Å². The fourth-order valence-electron chi connectivity index (χ4n) is 3.10. The molecule has 0 radical (unpaired) electrons. The summed E-state index contributed by atoms with van der Waals surface area (Å²) in [5.74, 6) is -1.58. The zero-order valence-corrected chi connectivity index (χ0v) is 15.2. The lowest BCUT2D eigenvalue weighted by molar-refractivity contribution is 0.470. The molecule has 4 aromatic rings. The van der Waals surface area contributed by atoms with Crippen LogP contribution in [0.5, 0.6) is 5.75 Å². The maximum absolute atomic E-state index is 14.6. The van der Waals surface area contributed by atoms with Crippen LogP contribution < -0.4 is 5.32 Å². The Morgan fingerprint density at radius 2 is 1.82 bits per heavy atom. The molecule has 140 valence electrons. The summed E-state index contributed by atoms with van der Waals surface area (Å²) >= 11 is 6.39. The molecule has 28 heavy (non-hydrogen) atoms. The third kappa shape index (κ3) is 3.34. The van der Waals surface area contributed by atoms with Gasteiger partial charge in [0, 0.05) is 41.2 Å². The van der Waals surface area contributed by atoms with E-state index in [4.69, 9.17) is 11.6 Å². The molecular formula is C21H14ClF2N3O. The Hall–Kier alpha value is -3.25. The molecule has 0 amide bonds. The van der Waals surface area contributed by atoms with Gasteiger partial charge in [0.15, 0.2) is 0 Å². The molecule has 1 unspecified atom stereocenters. The van der Waals surface area contributed by atoms with Gasteiger partial charge >= 0.3 is 0 Å². The molecule has 4 nitrogen and oxygen atoms in total. The van der Waals surface area contributed by atoms with E-state index in [1.807, 2.05) is 0 Å². The van der Waals surface area contributed by atoms with Gasteiger partial charge in [-0.1, -0.05) is 17.7 Å². The van der Waals surface area contributed by atoms with Crippen molar-refractivity contribution >= 4 is 28.2 Å². The van der Waals surface area contributed by atoms with Gasteiger partial charge in [0.05, 0.1) is 16.8 Å². The highest BCUT2D eigenvalue weighted by atomic mass is 35.5. The number of phenols is 1. The molecule has 0 saturated heterocycles. The number of aromatic nitrogens is 2. The Balaban J connectivity index is 1.93. The first-order chi connectivity index (χ1) is 13.5. The molecule has 1 atom stereocenters. The molecule has 0 bridgehead atoms. The van der Waals surface area contributed by atoms with Crippen molar-refractivity contribution in [1.29, 1.82) is 0 Å². The van der Waals surface area contributed by atoms with E-state index in [0.717, 1.165) is 12.1 Å². The Labute approximate surface area is 164 Å². The summed E-state index contributed by atoms with van der Waals surface area (Å²) in [6.45, 7) is 0. The molecule has 2 aromatic heterocycles. The summed E-state index contributed by atoms with van der Waals surface area (Å²) in [5.41, 5.74) is 1.34. The number of hydrogen-bond donors (Lipinski definition) is 2. The number of halogens is 3. The maximum atomic E-state index is 14.6. The number of anilines is 1. The zero-order valence-electron chi connectivity index (χ0n) is 14.4. The predicted molar refractivity (Wildman–Crippen MR) is 104 cm³/mol. The summed E-state index contributed by atoms with van der Waals surface area (Å²) in [7, 11) is 0. The van der Waals surface area contributed by atoms with Gasteiger partial charge in [-0.2, -0.15) is 0 Å². The summed E-state index contributed by atoms with van der Waals surface area (Å²) in [5, 5.41) is 14.9. The Morgan fingerprint density at radius 3 is 2.57 bits per heavy atom. The standard InChI is InChI=1S/C21H14ClF2N3O/c22-17-10-16(21(28)20-14(17)4-2-8-26-20)19(27-13-3-1-7-25-11-13)15-6-5-12(23)9-18(15)24/h1-11,19,27-28H. The smallest absolute Gasteiger partial charge is 0.147 e. The molecule has 4 rings (SSSR count). The van der Waals surface area contributed by atoms with Gasteiger partial charge < -0.3 is 10.4 Å². The van der Waals surface area contributed by atoms with E-state index in [-0.39, 0.29) is 11.3 Å². The minimum Gasteiger partial charge on any atom is -0.505 e. The van der Waals surface area contributed by atoms with Gasteiger partial charge in [0.25, 0.3) is 0 Å². The fraction of sp³-hybridized carbons (Fsp3) is 0.0476. The second-order valence-electron chi connectivity index (χ2n) is 6.18. The third-order valence-electron chi connectivity index (χ3n) is 4.40. The highest BCUT2D eigenvalue weighted by molar-refractivity contribution is 6.35. The predicted octanol–water partition coefficient (Wildman–Crippen LogP) is 5.47. The van der Waals surface area contributed by atoms with Crippen molar-refractivity contribution in [2.45, 2.75) is 6.04 Å². The Kier molecular flexibility index (Phi) is 4.79. The SMILES string of the molecule is Oc1c(C(Nc2cccnc2)c2ccc(F)cc2F)cc(Cl)c2cccnc12. The molecule has 0 aliphatic rings. The van der Waals surface area contributed by atoms with E-state index >= 15 is 0 Å². The van der Waals surface area contributed by atoms with Gasteiger partial charge in [-0.25, -0.2) is 8.78 Å². The van der Waals surface area contributed by atoms with Gasteiger partial charge in [-0.15, -0.1) is 0 Å². The minimum atomic E-state index is -0.853. The van der Waals surface area contributed by atoms with Crippen LogP contribution >= 0.6 is 11.6 Å². The van der Waals surface area contributed by atoms with Crippen LogP contribution in [0.3, 0.4) is 0 Å². The van der Waals surface area contributed by atoms with Crippen molar-refractivity contribution < 1.29 is 13.9 Å². The second-order valence-corrected chi connectivity index (χ2v) is 6.59. The normalized spacial score (nSPS) is 12.1. The Morgan fingerprint density at radius 1 is 1.00 bits per heavy atom. The molecule has 0 fully saturated rings. The summed E-state index contributed by atoms with van der Waals surface area (Å²) in [6.07, 6.45) is 4.70. The molecule has 0 spiro atoms. The summed E-state index contributed by atoms with van der Waals surface area (Å²) in [4.78, 5) is 8.23. The van der Waals surface area contributed by atoms with Crippen LogP contribution in [0.15, 0.2) is 67.1 Å². The lowest BCUT2D eigenvalue weighted by Gasteiger charge is -2.23. The largest absolute Gasteiger partial charge is 0.505 e. The van der Waals surface area contributed by atoms with E-state index in [1.165, 1.54) is 12.3 Å². The maximum Gasteiger partial charge on any atom is 0.147 e. The first-order valence-corrected chi connectivity index (χ1v) is 8.80. The number of nitrogens with one attached hydrogen (secondary N) is 1. The number of nitrogens with zero attached hydrogens (tertiary/aromatic N) is 2. The van der Waals surface area contributed by atoms with Crippen molar-refractivity contribution in [3.05, 3.63) is 94.9 Å². The summed E-state index contributed by atoms with van der Waals surface area (Å²) < 4.78 is 28.1. The molecule has 2 heterocycles. The molecular weight excluding hydrogens is 384 g/mol. The zero-order chi connectivity index (χ0) is 19.7. The average molecular weight is 398 g/mol. The van der Waals surface area contributed by atoms with Gasteiger partial charge in [-0.3, -0.25) is 9.97 Å². The quantitative estimate of drug-likeness (QED) is 0.479. The fourth-order valence-corrected chi connectivity index (χ4v) is 3.37. The molecule has 2 N–H and O–H groups in total. The lowest BCUT2D eigenvalue weighted by atomic mass is 9.95. The molecule has 2 aromatic carbocycles. The van der Waals surface area contributed by atoms with E-state index in [1.54, 1.807) is 42.7 Å². The number of benzene rings is 2. The van der Waals surface area contributed by atoms with E-state index in [9.17, 15) is 13.9 Å². The highest BCUT2D eigenvalue weighted by Crippen LogP contribution is 2.40. The number of rotatable bonds is 4. The van der Waals surface area contributed by atoms with Crippen molar-refractivity contribution in [3.63, 3.8) is 0 Å². The molecule has 0 aliphatic heterocycles. The highest BCUT2D eigenvalue weighted by Gasteiger charge is 2.24. The summed E-state index contributed by atoms with van der Waals surface area (Å²) in [6, 6.07) is 10.9. The van der Waals surface area contributed by atoms with Crippen LogP contribution in [0.2, 0.25) is 5.02 Å². The van der Waals surface area contributed by atoms with Crippen LogP contribution in [-0.4, -0.2) is 15.1 Å². The van der Waals surface area contributed by atoms with Crippen molar-refractivity contribution in [2.24, 2.45) is 0 Å². The molecule has 0 aliphatic carbocycles. The van der Waals surface area contributed by atoms with Gasteiger partial charge in [-0.05, 0) is 36.4 Å². The van der Waals surface area contributed by atoms with Gasteiger partial charge in [0.2, 0.25) is 0 Å². The number of fused-ring (bicyclic) bond motifs is 1. The number of aromatic hydroxyl groups is 1. The first-order valence-electron chi connectivity index (χ1n) is 8.42. The van der Waals surface area contributed by atoms with Crippen molar-refractivity contribution in [3.8, 4) is 5.75 Å². The second kappa shape index (κ2) is 7.40. The third-order valence-corrected chi connectivity index (χ3v) is 4.71. The van der Waals surface area contributed by atoms with E-state index in [2.05, 4.69) is 15.3 Å². The minimum absolute atomic E-state index is 0.134. The van der Waals surface area contributed by atoms with Crippen LogP contribution in [0, 0.1) is 11.6 Å². The van der Waals surface area contributed by atoms with Crippen LogP contribution in [-0.2, 0) is 0 Å². The number of phenolic OH excluding ortho intramolecular Hbond substituents is 1. The first kappa shape index (κ1) is 18.1. The van der Waals surface area contributed by atoms with Gasteiger partial charge in [0.1, 0.15) is 22.9 Å². The molecule has 7 heteroatoms. The lowest BCUT2D eigenvalue weighted by Crippen LogP contribution is -2.15. The topological polar surface area (TPSA) is 58.0 Å². The average Bonchev–Trinajstić information content (AvgIpc) is 2.70.